The third-order valence-corrected chi connectivity index (χ3v) is 7.14. The fourth-order valence-electron chi connectivity index (χ4n) is 6.11. The minimum absolute atomic E-state index is 0.356. The average Bonchev–Trinajstić information content (AvgIpc) is 2.87. The van der Waals surface area contributed by atoms with E-state index in [-0.39, 0.29) is 0 Å². The highest BCUT2D eigenvalue weighted by atomic mass is 16.3. The molecular formula is C20H26N2O. The van der Waals surface area contributed by atoms with Crippen LogP contribution in [-0.4, -0.2) is 33.8 Å². The van der Waals surface area contributed by atoms with Gasteiger partial charge in [-0.1, -0.05) is 31.5 Å². The smallest absolute Gasteiger partial charge is 0.0509 e. The van der Waals surface area contributed by atoms with Crippen molar-refractivity contribution in [2.24, 2.45) is 24.8 Å². The standard InChI is InChI=1S/C20H26N2O/c1-3-12-10-22-18-9-15-13-6-4-5-7-17(13)21(2)20(15)19(22)8-14(12)16(18)11-23/h4-7,12,14,16,18-19,23H,3,8-11H2,1-2H3/t12-,14+,16+,18+,19+/m1/s1. The van der Waals surface area contributed by atoms with Gasteiger partial charge in [0.05, 0.1) is 6.04 Å². The number of aryl methyl sites for hydroxylation is 1. The van der Waals surface area contributed by atoms with Gasteiger partial charge in [0.1, 0.15) is 0 Å². The lowest BCUT2D eigenvalue weighted by Crippen LogP contribution is -2.63. The number of aromatic nitrogens is 1. The first kappa shape index (κ1) is 14.1. The Morgan fingerprint density at radius 1 is 1.26 bits per heavy atom. The maximum atomic E-state index is 10.1. The van der Waals surface area contributed by atoms with Crippen LogP contribution in [0, 0.1) is 17.8 Å². The SMILES string of the molecule is CC[C@@H]1CN2[C@H]3C[C@@H]1[C@H](CO)[C@@H]2Cc1c3n(C)c2ccccc12. The molecule has 1 aromatic carbocycles. The van der Waals surface area contributed by atoms with Crippen LogP contribution in [0.25, 0.3) is 10.9 Å². The molecule has 4 bridgehead atoms. The lowest BCUT2D eigenvalue weighted by atomic mass is 9.61. The number of rotatable bonds is 2. The fraction of sp³-hybridized carbons (Fsp3) is 0.600. The first-order chi connectivity index (χ1) is 11.2. The Kier molecular flexibility index (Phi) is 2.96. The van der Waals surface area contributed by atoms with E-state index in [1.54, 1.807) is 11.3 Å². The predicted octanol–water partition coefficient (Wildman–Crippen LogP) is 3.11. The van der Waals surface area contributed by atoms with E-state index in [4.69, 9.17) is 0 Å². The van der Waals surface area contributed by atoms with Crippen LogP contribution >= 0.6 is 0 Å². The monoisotopic (exact) mass is 310 g/mol. The van der Waals surface area contributed by atoms with Gasteiger partial charge in [0.25, 0.3) is 0 Å². The van der Waals surface area contributed by atoms with E-state index in [9.17, 15) is 5.11 Å². The Bertz CT molecular complexity index is 764. The normalized spacial score (nSPS) is 38.0. The average molecular weight is 310 g/mol. The lowest BCUT2D eigenvalue weighted by Gasteiger charge is -2.60. The molecule has 1 unspecified atom stereocenters. The van der Waals surface area contributed by atoms with Gasteiger partial charge in [-0.2, -0.15) is 0 Å². The zero-order valence-corrected chi connectivity index (χ0v) is 14.1. The first-order valence-corrected chi connectivity index (χ1v) is 9.17. The molecule has 3 saturated heterocycles. The third-order valence-electron chi connectivity index (χ3n) is 7.14. The van der Waals surface area contributed by atoms with Gasteiger partial charge in [0.15, 0.2) is 0 Å². The Balaban J connectivity index is 1.69. The molecule has 6 atom stereocenters. The molecule has 1 aromatic heterocycles. The summed E-state index contributed by atoms with van der Waals surface area (Å²) >= 11 is 0. The lowest BCUT2D eigenvalue weighted by molar-refractivity contribution is -0.114. The number of benzene rings is 1. The number of nitrogens with zero attached hydrogens (tertiary/aromatic N) is 2. The minimum Gasteiger partial charge on any atom is -0.396 e. The van der Waals surface area contributed by atoms with Crippen molar-refractivity contribution in [3.63, 3.8) is 0 Å². The molecule has 2 aromatic rings. The maximum Gasteiger partial charge on any atom is 0.0509 e. The van der Waals surface area contributed by atoms with Gasteiger partial charge in [0.2, 0.25) is 0 Å². The summed E-state index contributed by atoms with van der Waals surface area (Å²) < 4.78 is 2.45. The summed E-state index contributed by atoms with van der Waals surface area (Å²) in [7, 11) is 2.24. The molecular weight excluding hydrogens is 284 g/mol. The van der Waals surface area contributed by atoms with E-state index < -0.39 is 0 Å². The second kappa shape index (κ2) is 4.84. The van der Waals surface area contributed by atoms with E-state index in [2.05, 4.69) is 47.7 Å². The number of hydrogen-bond acceptors (Lipinski definition) is 2. The zero-order chi connectivity index (χ0) is 15.7. The fourth-order valence-corrected chi connectivity index (χ4v) is 6.11. The number of para-hydroxylation sites is 1. The topological polar surface area (TPSA) is 28.4 Å². The number of hydrogen-bond donors (Lipinski definition) is 1. The Hall–Kier alpha value is -1.32. The molecule has 5 heterocycles. The Morgan fingerprint density at radius 3 is 2.87 bits per heavy atom. The zero-order valence-electron chi connectivity index (χ0n) is 14.1. The molecule has 4 aliphatic heterocycles. The summed E-state index contributed by atoms with van der Waals surface area (Å²) in [5, 5.41) is 11.5. The molecule has 0 aliphatic carbocycles. The molecule has 3 fully saturated rings. The van der Waals surface area contributed by atoms with Crippen LogP contribution in [-0.2, 0) is 13.5 Å². The van der Waals surface area contributed by atoms with Gasteiger partial charge in [-0.15, -0.1) is 0 Å². The summed E-state index contributed by atoms with van der Waals surface area (Å²) in [6, 6.07) is 9.96. The molecule has 0 spiro atoms. The van der Waals surface area contributed by atoms with Crippen molar-refractivity contribution in [2.75, 3.05) is 13.2 Å². The van der Waals surface area contributed by atoms with Gasteiger partial charge in [0, 0.05) is 48.8 Å². The molecule has 6 rings (SSSR count). The van der Waals surface area contributed by atoms with E-state index >= 15 is 0 Å². The molecule has 3 heteroatoms. The summed E-state index contributed by atoms with van der Waals surface area (Å²) in [5.41, 5.74) is 4.48. The summed E-state index contributed by atoms with van der Waals surface area (Å²) in [6.45, 7) is 3.90. The Morgan fingerprint density at radius 2 is 2.09 bits per heavy atom. The molecule has 0 amide bonds. The van der Waals surface area contributed by atoms with Crippen LogP contribution in [0.2, 0.25) is 0 Å². The van der Waals surface area contributed by atoms with E-state index in [1.165, 1.54) is 30.3 Å². The number of fused-ring (bicyclic) bond motifs is 4. The summed E-state index contributed by atoms with van der Waals surface area (Å²) in [4.78, 5) is 2.75. The van der Waals surface area contributed by atoms with E-state index in [0.29, 0.717) is 30.5 Å². The van der Waals surface area contributed by atoms with Crippen LogP contribution in [0.15, 0.2) is 24.3 Å². The predicted molar refractivity (Wildman–Crippen MR) is 92.3 cm³/mol. The van der Waals surface area contributed by atoms with Crippen LogP contribution in [0.3, 0.4) is 0 Å². The van der Waals surface area contributed by atoms with Crippen LogP contribution < -0.4 is 0 Å². The molecule has 1 N–H and O–H groups in total. The highest BCUT2D eigenvalue weighted by molar-refractivity contribution is 5.86. The van der Waals surface area contributed by atoms with Gasteiger partial charge >= 0.3 is 0 Å². The quantitative estimate of drug-likeness (QED) is 0.923. The van der Waals surface area contributed by atoms with Crippen molar-refractivity contribution in [2.45, 2.75) is 38.3 Å². The molecule has 0 saturated carbocycles. The molecule has 122 valence electrons. The number of aliphatic hydroxyl groups excluding tert-OH is 1. The Labute approximate surface area is 137 Å². The van der Waals surface area contributed by atoms with Crippen molar-refractivity contribution in [3.8, 4) is 0 Å². The van der Waals surface area contributed by atoms with Crippen molar-refractivity contribution in [1.29, 1.82) is 0 Å². The number of aliphatic hydroxyl groups is 1. The number of piperidine rings is 3. The molecule has 4 aliphatic rings. The highest BCUT2D eigenvalue weighted by Crippen LogP contribution is 2.55. The van der Waals surface area contributed by atoms with Crippen LogP contribution in [0.1, 0.15) is 37.1 Å². The van der Waals surface area contributed by atoms with Crippen molar-refractivity contribution >= 4 is 10.9 Å². The van der Waals surface area contributed by atoms with Gasteiger partial charge < -0.3 is 9.67 Å². The molecule has 3 nitrogen and oxygen atoms in total. The molecule has 0 radical (unpaired) electrons. The van der Waals surface area contributed by atoms with Crippen molar-refractivity contribution in [3.05, 3.63) is 35.5 Å². The second-order valence-corrected chi connectivity index (χ2v) is 7.84. The third kappa shape index (κ3) is 1.67. The largest absolute Gasteiger partial charge is 0.396 e. The highest BCUT2D eigenvalue weighted by Gasteiger charge is 2.54. The van der Waals surface area contributed by atoms with Crippen LogP contribution in [0.5, 0.6) is 0 Å². The van der Waals surface area contributed by atoms with Gasteiger partial charge in [-0.3, -0.25) is 4.90 Å². The second-order valence-electron chi connectivity index (χ2n) is 7.84. The van der Waals surface area contributed by atoms with Crippen LogP contribution in [0.4, 0.5) is 0 Å². The minimum atomic E-state index is 0.356. The maximum absolute atomic E-state index is 10.1. The van der Waals surface area contributed by atoms with Crippen molar-refractivity contribution in [1.82, 2.24) is 9.47 Å². The first-order valence-electron chi connectivity index (χ1n) is 9.17. The van der Waals surface area contributed by atoms with E-state index in [1.807, 2.05) is 0 Å². The van der Waals surface area contributed by atoms with Gasteiger partial charge in [-0.25, -0.2) is 0 Å². The molecule has 23 heavy (non-hydrogen) atoms. The summed E-state index contributed by atoms with van der Waals surface area (Å²) in [6.07, 6.45) is 3.60. The van der Waals surface area contributed by atoms with Gasteiger partial charge in [-0.05, 0) is 36.3 Å². The van der Waals surface area contributed by atoms with E-state index in [0.717, 1.165) is 12.3 Å². The summed E-state index contributed by atoms with van der Waals surface area (Å²) in [5.74, 6) is 1.95. The van der Waals surface area contributed by atoms with Crippen molar-refractivity contribution < 1.29 is 5.11 Å².